The van der Waals surface area contributed by atoms with E-state index in [9.17, 15) is 0 Å². The maximum atomic E-state index is 3.83. The molecule has 0 spiro atoms. The fraction of sp³-hybridized carbons (Fsp3) is 0.385. The Morgan fingerprint density at radius 2 is 2.07 bits per heavy atom. The van der Waals surface area contributed by atoms with E-state index in [2.05, 4.69) is 43.2 Å². The average Bonchev–Trinajstić information content (AvgIpc) is 2.25. The summed E-state index contributed by atoms with van der Waals surface area (Å²) < 4.78 is 0. The van der Waals surface area contributed by atoms with Crippen molar-refractivity contribution in [3.63, 3.8) is 0 Å². The molecule has 0 aliphatic rings. The molecule has 1 aromatic carbocycles. The Morgan fingerprint density at radius 1 is 1.36 bits per heavy atom. The molecule has 1 atom stereocenters. The summed E-state index contributed by atoms with van der Waals surface area (Å²) >= 11 is 1.92. The third kappa shape index (κ3) is 3.59. The molecule has 0 aromatic heterocycles. The van der Waals surface area contributed by atoms with Gasteiger partial charge in [0, 0.05) is 0 Å². The minimum Gasteiger partial charge on any atom is -0.165 e. The highest BCUT2D eigenvalue weighted by molar-refractivity contribution is 7.98. The van der Waals surface area contributed by atoms with Crippen molar-refractivity contribution in [3.05, 3.63) is 48.6 Å². The zero-order valence-electron chi connectivity index (χ0n) is 8.78. The Balaban J connectivity index is 2.62. The zero-order valence-corrected chi connectivity index (χ0v) is 9.59. The van der Waals surface area contributed by atoms with Gasteiger partial charge in [0.25, 0.3) is 0 Å². The van der Waals surface area contributed by atoms with E-state index in [1.807, 2.05) is 17.8 Å². The Morgan fingerprint density at radius 3 is 2.64 bits per heavy atom. The minimum atomic E-state index is 0.654. The fourth-order valence-electron chi connectivity index (χ4n) is 1.61. The lowest BCUT2D eigenvalue weighted by atomic mass is 9.93. The molecule has 0 radical (unpaired) electrons. The van der Waals surface area contributed by atoms with Crippen molar-refractivity contribution < 1.29 is 0 Å². The first-order chi connectivity index (χ1) is 6.88. The van der Waals surface area contributed by atoms with E-state index in [0.717, 1.165) is 6.42 Å². The van der Waals surface area contributed by atoms with Crippen LogP contribution in [0.2, 0.25) is 0 Å². The first-order valence-electron chi connectivity index (χ1n) is 5.03. The maximum absolute atomic E-state index is 3.83. The van der Waals surface area contributed by atoms with Gasteiger partial charge in [-0.25, -0.2) is 0 Å². The molecule has 1 rings (SSSR count). The van der Waals surface area contributed by atoms with E-state index in [-0.39, 0.29) is 0 Å². The van der Waals surface area contributed by atoms with Crippen molar-refractivity contribution in [3.8, 4) is 0 Å². The number of benzene rings is 1. The molecule has 0 saturated heterocycles. The lowest BCUT2D eigenvalue weighted by Gasteiger charge is -2.14. The molecule has 1 heteroatoms. The van der Waals surface area contributed by atoms with Gasteiger partial charge >= 0.3 is 0 Å². The van der Waals surface area contributed by atoms with E-state index < -0.39 is 0 Å². The summed E-state index contributed by atoms with van der Waals surface area (Å²) in [7, 11) is 0. The van der Waals surface area contributed by atoms with E-state index in [1.165, 1.54) is 17.7 Å². The van der Waals surface area contributed by atoms with E-state index in [1.54, 1.807) is 0 Å². The van der Waals surface area contributed by atoms with Crippen LogP contribution in [0.15, 0.2) is 43.0 Å². The van der Waals surface area contributed by atoms with Crippen LogP contribution in [0.5, 0.6) is 0 Å². The van der Waals surface area contributed by atoms with Crippen LogP contribution in [0.3, 0.4) is 0 Å². The topological polar surface area (TPSA) is 0 Å². The Labute approximate surface area is 91.4 Å². The molecule has 0 heterocycles. The summed E-state index contributed by atoms with van der Waals surface area (Å²) in [4.78, 5) is 0. The largest absolute Gasteiger partial charge is 0.165 e. The number of hydrogen-bond donors (Lipinski definition) is 0. The summed E-state index contributed by atoms with van der Waals surface area (Å²) in [5, 5.41) is 0. The average molecular weight is 206 g/mol. The van der Waals surface area contributed by atoms with Gasteiger partial charge in [0.1, 0.15) is 0 Å². The van der Waals surface area contributed by atoms with Gasteiger partial charge in [-0.2, -0.15) is 11.8 Å². The predicted octanol–water partition coefficient (Wildman–Crippen LogP) is 4.10. The van der Waals surface area contributed by atoms with Crippen molar-refractivity contribution in [2.45, 2.75) is 18.8 Å². The Bertz CT molecular complexity index is 253. The molecular formula is C13H18S. The smallest absolute Gasteiger partial charge is 0.00644 e. The Hall–Kier alpha value is -0.690. The lowest BCUT2D eigenvalue weighted by Crippen LogP contribution is -1.98. The van der Waals surface area contributed by atoms with E-state index >= 15 is 0 Å². The molecule has 0 aliphatic heterocycles. The molecule has 1 aromatic rings. The normalized spacial score (nSPS) is 12.4. The minimum absolute atomic E-state index is 0.654. The molecule has 14 heavy (non-hydrogen) atoms. The summed E-state index contributed by atoms with van der Waals surface area (Å²) in [6.45, 7) is 3.83. The molecule has 0 amide bonds. The van der Waals surface area contributed by atoms with Gasteiger partial charge in [0.2, 0.25) is 0 Å². The molecule has 0 aliphatic carbocycles. The van der Waals surface area contributed by atoms with Gasteiger partial charge in [0.15, 0.2) is 0 Å². The van der Waals surface area contributed by atoms with Gasteiger partial charge in [0.05, 0.1) is 0 Å². The van der Waals surface area contributed by atoms with Crippen LogP contribution >= 0.6 is 11.8 Å². The number of rotatable bonds is 6. The SMILES string of the molecule is C=CCC(CCSC)c1ccccc1. The zero-order chi connectivity index (χ0) is 10.2. The van der Waals surface area contributed by atoms with Crippen LogP contribution in [0.4, 0.5) is 0 Å². The van der Waals surface area contributed by atoms with E-state index in [0.29, 0.717) is 5.92 Å². The molecule has 0 nitrogen and oxygen atoms in total. The molecular weight excluding hydrogens is 188 g/mol. The van der Waals surface area contributed by atoms with Crippen molar-refractivity contribution in [1.29, 1.82) is 0 Å². The van der Waals surface area contributed by atoms with Gasteiger partial charge in [-0.05, 0) is 36.3 Å². The van der Waals surface area contributed by atoms with Gasteiger partial charge in [-0.1, -0.05) is 36.4 Å². The summed E-state index contributed by atoms with van der Waals surface area (Å²) in [5.41, 5.74) is 1.45. The van der Waals surface area contributed by atoms with Crippen LogP contribution in [-0.2, 0) is 0 Å². The lowest BCUT2D eigenvalue weighted by molar-refractivity contribution is 0.681. The highest BCUT2D eigenvalue weighted by Crippen LogP contribution is 2.24. The maximum Gasteiger partial charge on any atom is -0.00644 e. The highest BCUT2D eigenvalue weighted by atomic mass is 32.2. The number of allylic oxidation sites excluding steroid dienone is 1. The van der Waals surface area contributed by atoms with Crippen molar-refractivity contribution in [1.82, 2.24) is 0 Å². The standard InChI is InChI=1S/C13H18S/c1-3-7-12(10-11-14-2)13-8-5-4-6-9-13/h3-6,8-9,12H,1,7,10-11H2,2H3. The summed E-state index contributed by atoms with van der Waals surface area (Å²) in [6, 6.07) is 10.7. The van der Waals surface area contributed by atoms with Gasteiger partial charge in [-0.3, -0.25) is 0 Å². The van der Waals surface area contributed by atoms with Gasteiger partial charge in [-0.15, -0.1) is 6.58 Å². The summed E-state index contributed by atoms with van der Waals surface area (Å²) in [5.74, 6) is 1.88. The number of thioether (sulfide) groups is 1. The quantitative estimate of drug-likeness (QED) is 0.631. The predicted molar refractivity (Wildman–Crippen MR) is 67.0 cm³/mol. The molecule has 0 fully saturated rings. The van der Waals surface area contributed by atoms with Crippen LogP contribution in [0.25, 0.3) is 0 Å². The molecule has 0 bridgehead atoms. The first kappa shape index (κ1) is 11.4. The van der Waals surface area contributed by atoms with Gasteiger partial charge < -0.3 is 0 Å². The van der Waals surface area contributed by atoms with Crippen LogP contribution < -0.4 is 0 Å². The van der Waals surface area contributed by atoms with Crippen molar-refractivity contribution in [2.24, 2.45) is 0 Å². The van der Waals surface area contributed by atoms with Crippen LogP contribution in [0.1, 0.15) is 24.3 Å². The second-order valence-corrected chi connectivity index (χ2v) is 4.40. The van der Waals surface area contributed by atoms with Crippen LogP contribution in [0, 0.1) is 0 Å². The first-order valence-corrected chi connectivity index (χ1v) is 6.42. The molecule has 1 unspecified atom stereocenters. The summed E-state index contributed by atoms with van der Waals surface area (Å²) in [6.07, 6.45) is 6.52. The third-order valence-electron chi connectivity index (χ3n) is 2.39. The second kappa shape index (κ2) is 6.72. The number of hydrogen-bond acceptors (Lipinski definition) is 1. The monoisotopic (exact) mass is 206 g/mol. The Kier molecular flexibility index (Phi) is 5.46. The second-order valence-electron chi connectivity index (χ2n) is 3.41. The molecule has 76 valence electrons. The molecule has 0 saturated carbocycles. The fourth-order valence-corrected chi connectivity index (χ4v) is 2.13. The van der Waals surface area contributed by atoms with Crippen LogP contribution in [-0.4, -0.2) is 12.0 Å². The third-order valence-corrected chi connectivity index (χ3v) is 3.04. The van der Waals surface area contributed by atoms with Crippen molar-refractivity contribution >= 4 is 11.8 Å². The van der Waals surface area contributed by atoms with E-state index in [4.69, 9.17) is 0 Å². The van der Waals surface area contributed by atoms with Crippen molar-refractivity contribution in [2.75, 3.05) is 12.0 Å². The highest BCUT2D eigenvalue weighted by Gasteiger charge is 2.08. The molecule has 0 N–H and O–H groups in total.